The summed E-state index contributed by atoms with van der Waals surface area (Å²) in [5, 5.41) is 8.70. The van der Waals surface area contributed by atoms with Gasteiger partial charge in [-0.3, -0.25) is 0 Å². The lowest BCUT2D eigenvalue weighted by molar-refractivity contribution is -0.139. The van der Waals surface area contributed by atoms with E-state index in [1.807, 2.05) is 0 Å². The molecule has 1 aromatic rings. The molecule has 0 saturated heterocycles. The number of ether oxygens (including phenoxy) is 2. The van der Waals surface area contributed by atoms with Gasteiger partial charge in [-0.1, -0.05) is 6.58 Å². The normalized spacial score (nSPS) is 9.11. The van der Waals surface area contributed by atoms with Gasteiger partial charge in [0.15, 0.2) is 0 Å². The summed E-state index contributed by atoms with van der Waals surface area (Å²) in [6.07, 6.45) is 0. The van der Waals surface area contributed by atoms with Crippen LogP contribution < -0.4 is 4.74 Å². The van der Waals surface area contributed by atoms with E-state index in [1.165, 1.54) is 12.1 Å². The first-order valence-corrected chi connectivity index (χ1v) is 5.29. The lowest BCUT2D eigenvalue weighted by atomic mass is 10.2. The summed E-state index contributed by atoms with van der Waals surface area (Å²) < 4.78 is 10.1. The number of benzene rings is 1. The minimum absolute atomic E-state index is 0. The van der Waals surface area contributed by atoms with Crippen molar-refractivity contribution in [1.29, 1.82) is 0 Å². The maximum absolute atomic E-state index is 11.0. The zero-order valence-corrected chi connectivity index (χ0v) is 11.2. The number of carbonyl (C=O) groups is 2. The highest BCUT2D eigenvalue weighted by molar-refractivity contribution is 5.87. The van der Waals surface area contributed by atoms with Gasteiger partial charge >= 0.3 is 11.9 Å². The SMILES string of the molecule is C=C(C)C(=O)OCCOc1ccc(C(=O)O)cc1.Cl. The average Bonchev–Trinajstić information content (AvgIpc) is 2.34. The first-order chi connectivity index (χ1) is 8.50. The van der Waals surface area contributed by atoms with Crippen LogP contribution in [0.4, 0.5) is 0 Å². The number of hydrogen-bond donors (Lipinski definition) is 1. The minimum Gasteiger partial charge on any atom is -0.490 e. The fourth-order valence-corrected chi connectivity index (χ4v) is 1.11. The monoisotopic (exact) mass is 286 g/mol. The Kier molecular flexibility index (Phi) is 7.29. The molecule has 0 aromatic heterocycles. The van der Waals surface area contributed by atoms with E-state index in [1.54, 1.807) is 19.1 Å². The molecular weight excluding hydrogens is 272 g/mol. The van der Waals surface area contributed by atoms with Crippen LogP contribution in [0, 0.1) is 0 Å². The third-order valence-corrected chi connectivity index (χ3v) is 2.03. The van der Waals surface area contributed by atoms with E-state index in [2.05, 4.69) is 6.58 Å². The number of esters is 1. The Morgan fingerprint density at radius 1 is 1.21 bits per heavy atom. The third-order valence-electron chi connectivity index (χ3n) is 2.03. The number of hydrogen-bond acceptors (Lipinski definition) is 4. The minimum atomic E-state index is -0.989. The molecule has 0 aliphatic heterocycles. The maximum atomic E-state index is 11.0. The van der Waals surface area contributed by atoms with Crippen LogP contribution in [0.2, 0.25) is 0 Å². The number of halogens is 1. The summed E-state index contributed by atoms with van der Waals surface area (Å²) in [4.78, 5) is 21.6. The van der Waals surface area contributed by atoms with Gasteiger partial charge in [0.1, 0.15) is 19.0 Å². The molecule has 0 bridgehead atoms. The van der Waals surface area contributed by atoms with Crippen LogP contribution in [-0.4, -0.2) is 30.3 Å². The second-order valence-electron chi connectivity index (χ2n) is 3.59. The van der Waals surface area contributed by atoms with Crippen molar-refractivity contribution in [1.82, 2.24) is 0 Å². The summed E-state index contributed by atoms with van der Waals surface area (Å²) in [7, 11) is 0. The summed E-state index contributed by atoms with van der Waals surface area (Å²) in [6, 6.07) is 5.98. The lowest BCUT2D eigenvalue weighted by Gasteiger charge is -2.07. The Bertz CT molecular complexity index is 453. The molecular formula is C13H15ClO5. The molecule has 5 nitrogen and oxygen atoms in total. The van der Waals surface area contributed by atoms with Crippen molar-refractivity contribution in [3.8, 4) is 5.75 Å². The number of carboxylic acids is 1. The molecule has 1 rings (SSSR count). The van der Waals surface area contributed by atoms with Crippen LogP contribution in [0.5, 0.6) is 5.75 Å². The molecule has 0 atom stereocenters. The average molecular weight is 287 g/mol. The first kappa shape index (κ1) is 17.0. The second kappa shape index (κ2) is 8.16. The molecule has 19 heavy (non-hydrogen) atoms. The van der Waals surface area contributed by atoms with E-state index < -0.39 is 11.9 Å². The topological polar surface area (TPSA) is 72.8 Å². The van der Waals surface area contributed by atoms with Crippen molar-refractivity contribution in [2.75, 3.05) is 13.2 Å². The molecule has 1 N–H and O–H groups in total. The molecule has 0 aliphatic carbocycles. The number of rotatable bonds is 6. The molecule has 0 radical (unpaired) electrons. The van der Waals surface area contributed by atoms with Gasteiger partial charge in [-0.15, -0.1) is 12.4 Å². The molecule has 0 fully saturated rings. The van der Waals surface area contributed by atoms with Gasteiger partial charge in [0, 0.05) is 5.57 Å². The number of aromatic carboxylic acids is 1. The first-order valence-electron chi connectivity index (χ1n) is 5.29. The van der Waals surface area contributed by atoms with Crippen LogP contribution in [0.15, 0.2) is 36.4 Å². The largest absolute Gasteiger partial charge is 0.490 e. The molecule has 0 saturated carbocycles. The number of carboxylic acid groups (broad SMARTS) is 1. The van der Waals surface area contributed by atoms with Gasteiger partial charge in [0.2, 0.25) is 0 Å². The van der Waals surface area contributed by atoms with Gasteiger partial charge < -0.3 is 14.6 Å². The lowest BCUT2D eigenvalue weighted by Crippen LogP contribution is -2.12. The molecule has 0 aliphatic rings. The van der Waals surface area contributed by atoms with Crippen LogP contribution in [0.1, 0.15) is 17.3 Å². The standard InChI is InChI=1S/C13H14O5.ClH/c1-9(2)13(16)18-8-7-17-11-5-3-10(4-6-11)12(14)15;/h3-6H,1,7-8H2,2H3,(H,14,15);1H. The van der Waals surface area contributed by atoms with Crippen LogP contribution in [0.3, 0.4) is 0 Å². The highest BCUT2D eigenvalue weighted by Crippen LogP contribution is 2.11. The van der Waals surface area contributed by atoms with E-state index in [0.717, 1.165) is 0 Å². The summed E-state index contributed by atoms with van der Waals surface area (Å²) in [6.45, 7) is 5.33. The fourth-order valence-electron chi connectivity index (χ4n) is 1.11. The molecule has 0 amide bonds. The number of carbonyl (C=O) groups excluding carboxylic acids is 1. The van der Waals surface area contributed by atoms with Gasteiger partial charge in [-0.25, -0.2) is 9.59 Å². The van der Waals surface area contributed by atoms with E-state index >= 15 is 0 Å². The molecule has 104 valence electrons. The predicted octanol–water partition coefficient (Wildman–Crippen LogP) is 2.30. The third kappa shape index (κ3) is 5.92. The van der Waals surface area contributed by atoms with Crippen LogP contribution >= 0.6 is 12.4 Å². The second-order valence-corrected chi connectivity index (χ2v) is 3.59. The highest BCUT2D eigenvalue weighted by atomic mass is 35.5. The van der Waals surface area contributed by atoms with Crippen molar-refractivity contribution in [3.05, 3.63) is 42.0 Å². The Balaban J connectivity index is 0.00000324. The highest BCUT2D eigenvalue weighted by Gasteiger charge is 2.04. The van der Waals surface area contributed by atoms with Gasteiger partial charge in [0.05, 0.1) is 5.56 Å². The van der Waals surface area contributed by atoms with E-state index in [4.69, 9.17) is 14.6 Å². The summed E-state index contributed by atoms with van der Waals surface area (Å²) >= 11 is 0. The Morgan fingerprint density at radius 2 is 1.79 bits per heavy atom. The molecule has 0 heterocycles. The maximum Gasteiger partial charge on any atom is 0.335 e. The van der Waals surface area contributed by atoms with Gasteiger partial charge in [0.25, 0.3) is 0 Å². The van der Waals surface area contributed by atoms with Crippen molar-refractivity contribution in [3.63, 3.8) is 0 Å². The van der Waals surface area contributed by atoms with Gasteiger partial charge in [-0.2, -0.15) is 0 Å². The van der Waals surface area contributed by atoms with E-state index in [9.17, 15) is 9.59 Å². The van der Waals surface area contributed by atoms with E-state index in [0.29, 0.717) is 11.3 Å². The van der Waals surface area contributed by atoms with Crippen molar-refractivity contribution in [2.45, 2.75) is 6.92 Å². The summed E-state index contributed by atoms with van der Waals surface area (Å²) in [5.41, 5.74) is 0.525. The molecule has 0 unspecified atom stereocenters. The zero-order valence-electron chi connectivity index (χ0n) is 10.4. The van der Waals surface area contributed by atoms with E-state index in [-0.39, 0.29) is 31.2 Å². The summed E-state index contributed by atoms with van der Waals surface area (Å²) in [5.74, 6) is -0.928. The predicted molar refractivity (Wildman–Crippen MR) is 71.9 cm³/mol. The van der Waals surface area contributed by atoms with Crippen molar-refractivity contribution in [2.24, 2.45) is 0 Å². The Hall–Kier alpha value is -2.01. The van der Waals surface area contributed by atoms with Gasteiger partial charge in [-0.05, 0) is 31.2 Å². The zero-order chi connectivity index (χ0) is 13.5. The molecule has 1 aromatic carbocycles. The smallest absolute Gasteiger partial charge is 0.335 e. The Morgan fingerprint density at radius 3 is 2.26 bits per heavy atom. The van der Waals surface area contributed by atoms with Crippen LogP contribution in [0.25, 0.3) is 0 Å². The van der Waals surface area contributed by atoms with Crippen LogP contribution in [-0.2, 0) is 9.53 Å². The quantitative estimate of drug-likeness (QED) is 0.493. The van der Waals surface area contributed by atoms with Crippen molar-refractivity contribution < 1.29 is 24.2 Å². The Labute approximate surface area is 117 Å². The molecule has 0 spiro atoms. The van der Waals surface area contributed by atoms with Crippen molar-refractivity contribution >= 4 is 24.3 Å². The fraction of sp³-hybridized carbons (Fsp3) is 0.231. The molecule has 6 heteroatoms.